The second kappa shape index (κ2) is 4.67. The lowest BCUT2D eigenvalue weighted by Crippen LogP contribution is -2.23. The van der Waals surface area contributed by atoms with Crippen molar-refractivity contribution in [1.82, 2.24) is 4.98 Å². The number of carbonyl (C=O) groups excluding carboxylic acids is 1. The molecule has 0 atom stereocenters. The molecule has 108 valence electrons. The van der Waals surface area contributed by atoms with E-state index < -0.39 is 0 Å². The lowest BCUT2D eigenvalue weighted by Gasteiger charge is -2.15. The first-order chi connectivity index (χ1) is 10.6. The van der Waals surface area contributed by atoms with Gasteiger partial charge in [-0.05, 0) is 37.6 Å². The summed E-state index contributed by atoms with van der Waals surface area (Å²) < 4.78 is 0. The fraction of sp³-hybridized carbons (Fsp3) is 0.158. The number of rotatable bonds is 1. The lowest BCUT2D eigenvalue weighted by molar-refractivity contribution is 0.0996. The average molecular weight is 288 g/mol. The first-order valence-electron chi connectivity index (χ1n) is 7.42. The molecule has 0 aliphatic carbocycles. The van der Waals surface area contributed by atoms with Crippen LogP contribution in [0, 0.1) is 13.8 Å². The summed E-state index contributed by atoms with van der Waals surface area (Å²) in [6, 6.07) is 16.0. The molecule has 2 aromatic carbocycles. The number of benzene rings is 2. The van der Waals surface area contributed by atoms with Gasteiger partial charge in [-0.25, -0.2) is 0 Å². The van der Waals surface area contributed by atoms with Gasteiger partial charge in [0, 0.05) is 11.1 Å². The van der Waals surface area contributed by atoms with Crippen LogP contribution in [-0.4, -0.2) is 10.9 Å². The molecule has 1 aliphatic heterocycles. The number of para-hydroxylation sites is 1. The minimum absolute atomic E-state index is 0.0506. The first-order valence-corrected chi connectivity index (χ1v) is 7.42. The van der Waals surface area contributed by atoms with Crippen molar-refractivity contribution in [1.29, 1.82) is 0 Å². The number of pyridine rings is 1. The number of aryl methyl sites for hydroxylation is 2. The van der Waals surface area contributed by atoms with Crippen molar-refractivity contribution in [2.45, 2.75) is 20.4 Å². The Balaban J connectivity index is 1.86. The van der Waals surface area contributed by atoms with Crippen molar-refractivity contribution in [2.75, 3.05) is 4.90 Å². The Bertz CT molecular complexity index is 897. The SMILES string of the molecule is Cc1ccc(N2Cc3nc4ccccc4c(C)c3C2=O)cc1. The van der Waals surface area contributed by atoms with Crippen LogP contribution in [0.15, 0.2) is 48.5 Å². The fourth-order valence-corrected chi connectivity index (χ4v) is 3.13. The van der Waals surface area contributed by atoms with Crippen LogP contribution in [-0.2, 0) is 6.54 Å². The maximum absolute atomic E-state index is 12.8. The second-order valence-electron chi connectivity index (χ2n) is 5.80. The van der Waals surface area contributed by atoms with Crippen LogP contribution in [0.1, 0.15) is 27.2 Å². The monoisotopic (exact) mass is 288 g/mol. The molecule has 0 spiro atoms. The van der Waals surface area contributed by atoms with Gasteiger partial charge in [-0.15, -0.1) is 0 Å². The first kappa shape index (κ1) is 13.0. The predicted octanol–water partition coefficient (Wildman–Crippen LogP) is 4.01. The third-order valence-corrected chi connectivity index (χ3v) is 4.34. The summed E-state index contributed by atoms with van der Waals surface area (Å²) in [5.41, 5.74) is 5.74. The molecule has 0 radical (unpaired) electrons. The molecular weight excluding hydrogens is 272 g/mol. The van der Waals surface area contributed by atoms with Gasteiger partial charge in [0.05, 0.1) is 23.3 Å². The van der Waals surface area contributed by atoms with E-state index in [1.165, 1.54) is 5.56 Å². The largest absolute Gasteiger partial charge is 0.302 e. The van der Waals surface area contributed by atoms with Gasteiger partial charge in [0.15, 0.2) is 0 Å². The Morgan fingerprint density at radius 1 is 1.00 bits per heavy atom. The van der Waals surface area contributed by atoms with Crippen LogP contribution >= 0.6 is 0 Å². The summed E-state index contributed by atoms with van der Waals surface area (Å²) in [6.45, 7) is 4.60. The Kier molecular flexibility index (Phi) is 2.76. The minimum Gasteiger partial charge on any atom is -0.302 e. The van der Waals surface area contributed by atoms with Crippen LogP contribution in [0.25, 0.3) is 10.9 Å². The number of amides is 1. The van der Waals surface area contributed by atoms with E-state index in [1.54, 1.807) is 0 Å². The zero-order valence-corrected chi connectivity index (χ0v) is 12.6. The zero-order chi connectivity index (χ0) is 15.3. The summed E-state index contributed by atoms with van der Waals surface area (Å²) in [4.78, 5) is 19.3. The van der Waals surface area contributed by atoms with Gasteiger partial charge in [-0.3, -0.25) is 9.78 Å². The maximum Gasteiger partial charge on any atom is 0.260 e. The molecule has 3 nitrogen and oxygen atoms in total. The van der Waals surface area contributed by atoms with E-state index in [-0.39, 0.29) is 5.91 Å². The molecule has 1 aliphatic rings. The van der Waals surface area contributed by atoms with Gasteiger partial charge in [0.1, 0.15) is 0 Å². The summed E-state index contributed by atoms with van der Waals surface area (Å²) in [5, 5.41) is 1.06. The molecule has 22 heavy (non-hydrogen) atoms. The molecule has 1 aromatic heterocycles. The highest BCUT2D eigenvalue weighted by atomic mass is 16.2. The highest BCUT2D eigenvalue weighted by Crippen LogP contribution is 2.32. The van der Waals surface area contributed by atoms with Gasteiger partial charge in [0.25, 0.3) is 5.91 Å². The van der Waals surface area contributed by atoms with E-state index in [0.717, 1.165) is 33.4 Å². The molecular formula is C19H16N2O. The molecule has 3 heteroatoms. The van der Waals surface area contributed by atoms with E-state index in [0.29, 0.717) is 6.54 Å². The van der Waals surface area contributed by atoms with E-state index in [4.69, 9.17) is 4.98 Å². The van der Waals surface area contributed by atoms with Crippen molar-refractivity contribution in [3.05, 3.63) is 70.9 Å². The van der Waals surface area contributed by atoms with Crippen LogP contribution in [0.5, 0.6) is 0 Å². The molecule has 0 bridgehead atoms. The minimum atomic E-state index is 0.0506. The number of fused-ring (bicyclic) bond motifs is 2. The van der Waals surface area contributed by atoms with Gasteiger partial charge in [-0.2, -0.15) is 0 Å². The van der Waals surface area contributed by atoms with Crippen molar-refractivity contribution >= 4 is 22.5 Å². The molecule has 0 saturated heterocycles. The fourth-order valence-electron chi connectivity index (χ4n) is 3.13. The van der Waals surface area contributed by atoms with Crippen molar-refractivity contribution in [3.63, 3.8) is 0 Å². The Labute approximate surface area is 129 Å². The highest BCUT2D eigenvalue weighted by Gasteiger charge is 2.32. The van der Waals surface area contributed by atoms with Crippen LogP contribution < -0.4 is 4.90 Å². The zero-order valence-electron chi connectivity index (χ0n) is 12.6. The summed E-state index contributed by atoms with van der Waals surface area (Å²) >= 11 is 0. The Morgan fingerprint density at radius 2 is 1.73 bits per heavy atom. The Morgan fingerprint density at radius 3 is 2.50 bits per heavy atom. The molecule has 0 fully saturated rings. The molecule has 0 unspecified atom stereocenters. The molecule has 0 saturated carbocycles. The number of aromatic nitrogens is 1. The summed E-state index contributed by atoms with van der Waals surface area (Å²) in [6.07, 6.45) is 0. The van der Waals surface area contributed by atoms with Gasteiger partial charge < -0.3 is 4.90 Å². The average Bonchev–Trinajstić information content (AvgIpc) is 2.85. The predicted molar refractivity (Wildman–Crippen MR) is 88.2 cm³/mol. The number of anilines is 1. The third kappa shape index (κ3) is 1.82. The summed E-state index contributed by atoms with van der Waals surface area (Å²) in [5.74, 6) is 0.0506. The van der Waals surface area contributed by atoms with Gasteiger partial charge in [-0.1, -0.05) is 35.9 Å². The van der Waals surface area contributed by atoms with E-state index in [9.17, 15) is 4.79 Å². The molecule has 1 amide bonds. The topological polar surface area (TPSA) is 33.2 Å². The molecule has 3 aromatic rings. The van der Waals surface area contributed by atoms with Crippen molar-refractivity contribution in [2.24, 2.45) is 0 Å². The van der Waals surface area contributed by atoms with E-state index in [2.05, 4.69) is 0 Å². The van der Waals surface area contributed by atoms with Crippen LogP contribution in [0.3, 0.4) is 0 Å². The molecule has 2 heterocycles. The van der Waals surface area contributed by atoms with E-state index in [1.807, 2.05) is 67.3 Å². The van der Waals surface area contributed by atoms with Crippen molar-refractivity contribution in [3.8, 4) is 0 Å². The van der Waals surface area contributed by atoms with Crippen LogP contribution in [0.2, 0.25) is 0 Å². The van der Waals surface area contributed by atoms with E-state index >= 15 is 0 Å². The Hall–Kier alpha value is -2.68. The van der Waals surface area contributed by atoms with Gasteiger partial charge in [0.2, 0.25) is 0 Å². The summed E-state index contributed by atoms with van der Waals surface area (Å²) in [7, 11) is 0. The standard InChI is InChI=1S/C19H16N2O/c1-12-7-9-14(10-8-12)21-11-17-18(19(21)22)13(2)15-5-3-4-6-16(15)20-17/h3-10H,11H2,1-2H3. The maximum atomic E-state index is 12.8. The van der Waals surface area contributed by atoms with Crippen molar-refractivity contribution < 1.29 is 4.79 Å². The second-order valence-corrected chi connectivity index (χ2v) is 5.80. The number of nitrogens with zero attached hydrogens (tertiary/aromatic N) is 2. The smallest absolute Gasteiger partial charge is 0.260 e. The van der Waals surface area contributed by atoms with Gasteiger partial charge >= 0.3 is 0 Å². The molecule has 4 rings (SSSR count). The highest BCUT2D eigenvalue weighted by molar-refractivity contribution is 6.12. The number of hydrogen-bond acceptors (Lipinski definition) is 2. The molecule has 0 N–H and O–H groups in total. The quantitative estimate of drug-likeness (QED) is 0.678. The lowest BCUT2D eigenvalue weighted by atomic mass is 10.0. The normalized spacial score (nSPS) is 13.7. The van der Waals surface area contributed by atoms with Crippen LogP contribution in [0.4, 0.5) is 5.69 Å². The third-order valence-electron chi connectivity index (χ3n) is 4.34. The number of carbonyl (C=O) groups is 1. The number of hydrogen-bond donors (Lipinski definition) is 0.